The molecule has 2 N–H and O–H groups in total. The van der Waals surface area contributed by atoms with Crippen molar-refractivity contribution in [2.24, 2.45) is 5.73 Å². The zero-order valence-corrected chi connectivity index (χ0v) is 9.71. The summed E-state index contributed by atoms with van der Waals surface area (Å²) in [5.74, 6) is -0.369. The van der Waals surface area contributed by atoms with Crippen LogP contribution >= 0.6 is 12.4 Å². The van der Waals surface area contributed by atoms with Crippen LogP contribution < -0.4 is 5.73 Å². The molecule has 0 saturated heterocycles. The quantitative estimate of drug-likeness (QED) is 0.799. The Morgan fingerprint density at radius 2 is 2.20 bits per heavy atom. The number of hydrogen-bond donors (Lipinski definition) is 1. The molecule has 0 heterocycles. The van der Waals surface area contributed by atoms with Crippen molar-refractivity contribution in [3.63, 3.8) is 0 Å². The molecule has 1 atom stereocenters. The van der Waals surface area contributed by atoms with Gasteiger partial charge in [0, 0.05) is 0 Å². The summed E-state index contributed by atoms with van der Waals surface area (Å²) in [5, 5.41) is 0. The molecule has 0 radical (unpaired) electrons. The predicted molar refractivity (Wildman–Crippen MR) is 62.1 cm³/mol. The van der Waals surface area contributed by atoms with E-state index in [4.69, 9.17) is 5.73 Å². The second-order valence-corrected chi connectivity index (χ2v) is 3.32. The van der Waals surface area contributed by atoms with E-state index in [2.05, 4.69) is 4.74 Å². The Bertz CT molecular complexity index is 328. The molecule has 3 nitrogen and oxygen atoms in total. The summed E-state index contributed by atoms with van der Waals surface area (Å²) >= 11 is 0. The molecule has 0 spiro atoms. The highest BCUT2D eigenvalue weighted by Crippen LogP contribution is 2.06. The van der Waals surface area contributed by atoms with Crippen LogP contribution in [0.1, 0.15) is 11.1 Å². The van der Waals surface area contributed by atoms with Gasteiger partial charge in [0.2, 0.25) is 0 Å². The minimum Gasteiger partial charge on any atom is -0.468 e. The molecule has 0 bridgehead atoms. The van der Waals surface area contributed by atoms with Gasteiger partial charge in [0.05, 0.1) is 7.11 Å². The average molecular weight is 230 g/mol. The minimum atomic E-state index is -0.568. The van der Waals surface area contributed by atoms with Gasteiger partial charge >= 0.3 is 5.97 Å². The summed E-state index contributed by atoms with van der Waals surface area (Å²) in [6, 6.07) is 7.36. The van der Waals surface area contributed by atoms with Crippen molar-refractivity contribution in [2.45, 2.75) is 19.4 Å². The summed E-state index contributed by atoms with van der Waals surface area (Å²) in [5.41, 5.74) is 7.86. The molecule has 1 aromatic rings. The highest BCUT2D eigenvalue weighted by atomic mass is 35.5. The van der Waals surface area contributed by atoms with Gasteiger partial charge in [-0.15, -0.1) is 12.4 Å². The Hall–Kier alpha value is -1.06. The van der Waals surface area contributed by atoms with Gasteiger partial charge in [-0.25, -0.2) is 0 Å². The minimum absolute atomic E-state index is 0. The number of carbonyl (C=O) groups is 1. The van der Waals surface area contributed by atoms with E-state index < -0.39 is 6.04 Å². The van der Waals surface area contributed by atoms with Crippen LogP contribution in [0.5, 0.6) is 0 Å². The SMILES string of the molecule is COC(=O)C(N)Cc1cccc(C)c1.Cl. The molecule has 1 aromatic carbocycles. The number of carbonyl (C=O) groups excluding carboxylic acids is 1. The van der Waals surface area contributed by atoms with Crippen molar-refractivity contribution in [1.29, 1.82) is 0 Å². The van der Waals surface area contributed by atoms with Crippen LogP contribution in [-0.4, -0.2) is 19.1 Å². The first kappa shape index (κ1) is 13.9. The summed E-state index contributed by atoms with van der Waals surface area (Å²) < 4.78 is 4.55. The Morgan fingerprint density at radius 3 is 2.73 bits per heavy atom. The zero-order valence-electron chi connectivity index (χ0n) is 8.90. The van der Waals surface area contributed by atoms with Gasteiger partial charge in [0.25, 0.3) is 0 Å². The van der Waals surface area contributed by atoms with Crippen LogP contribution in [0.3, 0.4) is 0 Å². The molecule has 0 amide bonds. The highest BCUT2D eigenvalue weighted by Gasteiger charge is 2.13. The molecule has 84 valence electrons. The van der Waals surface area contributed by atoms with Crippen LogP contribution in [-0.2, 0) is 16.0 Å². The van der Waals surface area contributed by atoms with Crippen molar-refractivity contribution in [1.82, 2.24) is 0 Å². The molecular weight excluding hydrogens is 214 g/mol. The zero-order chi connectivity index (χ0) is 10.6. The lowest BCUT2D eigenvalue weighted by molar-refractivity contribution is -0.142. The lowest BCUT2D eigenvalue weighted by atomic mass is 10.0. The molecule has 0 saturated carbocycles. The first-order valence-electron chi connectivity index (χ1n) is 4.52. The van der Waals surface area contributed by atoms with E-state index >= 15 is 0 Å². The van der Waals surface area contributed by atoms with E-state index in [0.29, 0.717) is 6.42 Å². The monoisotopic (exact) mass is 229 g/mol. The van der Waals surface area contributed by atoms with Gasteiger partial charge < -0.3 is 10.5 Å². The van der Waals surface area contributed by atoms with E-state index in [1.165, 1.54) is 12.7 Å². The van der Waals surface area contributed by atoms with Crippen LogP contribution in [0.2, 0.25) is 0 Å². The molecule has 15 heavy (non-hydrogen) atoms. The third-order valence-electron chi connectivity index (χ3n) is 2.04. The Labute approximate surface area is 96.0 Å². The van der Waals surface area contributed by atoms with E-state index in [1.807, 2.05) is 31.2 Å². The smallest absolute Gasteiger partial charge is 0.322 e. The molecule has 4 heteroatoms. The maximum atomic E-state index is 11.1. The van der Waals surface area contributed by atoms with Crippen LogP contribution in [0, 0.1) is 6.92 Å². The van der Waals surface area contributed by atoms with Crippen LogP contribution in [0.15, 0.2) is 24.3 Å². The Morgan fingerprint density at radius 1 is 1.53 bits per heavy atom. The third kappa shape index (κ3) is 4.32. The number of ether oxygens (including phenoxy) is 1. The first-order valence-corrected chi connectivity index (χ1v) is 4.52. The molecule has 0 aliphatic heterocycles. The maximum absolute atomic E-state index is 11.1. The molecule has 0 aliphatic rings. The highest BCUT2D eigenvalue weighted by molar-refractivity contribution is 5.85. The normalized spacial score (nSPS) is 11.4. The van der Waals surface area contributed by atoms with Crippen molar-refractivity contribution in [3.05, 3.63) is 35.4 Å². The van der Waals surface area contributed by atoms with Gasteiger partial charge in [-0.1, -0.05) is 29.8 Å². The number of aryl methyl sites for hydroxylation is 1. The second kappa shape index (κ2) is 6.43. The van der Waals surface area contributed by atoms with Crippen molar-refractivity contribution in [2.75, 3.05) is 7.11 Å². The van der Waals surface area contributed by atoms with E-state index in [1.54, 1.807) is 0 Å². The number of esters is 1. The number of halogens is 1. The van der Waals surface area contributed by atoms with Crippen molar-refractivity contribution in [3.8, 4) is 0 Å². The van der Waals surface area contributed by atoms with Crippen molar-refractivity contribution >= 4 is 18.4 Å². The Kier molecular flexibility index (Phi) is 5.97. The fourth-order valence-electron chi connectivity index (χ4n) is 1.33. The topological polar surface area (TPSA) is 52.3 Å². The number of nitrogens with two attached hydrogens (primary N) is 1. The lowest BCUT2D eigenvalue weighted by Crippen LogP contribution is -2.33. The van der Waals surface area contributed by atoms with E-state index in [-0.39, 0.29) is 18.4 Å². The lowest BCUT2D eigenvalue weighted by Gasteiger charge is -2.09. The van der Waals surface area contributed by atoms with E-state index in [9.17, 15) is 4.79 Å². The largest absolute Gasteiger partial charge is 0.468 e. The fraction of sp³-hybridized carbons (Fsp3) is 0.364. The summed E-state index contributed by atoms with van der Waals surface area (Å²) in [4.78, 5) is 11.1. The van der Waals surface area contributed by atoms with Gasteiger partial charge in [-0.3, -0.25) is 4.79 Å². The molecule has 0 fully saturated rings. The first-order chi connectivity index (χ1) is 6.63. The van der Waals surface area contributed by atoms with Crippen LogP contribution in [0.4, 0.5) is 0 Å². The number of methoxy groups -OCH3 is 1. The average Bonchev–Trinajstić information content (AvgIpc) is 2.16. The summed E-state index contributed by atoms with van der Waals surface area (Å²) in [6.07, 6.45) is 0.522. The fourth-order valence-corrected chi connectivity index (χ4v) is 1.33. The molecular formula is C11H16ClNO2. The second-order valence-electron chi connectivity index (χ2n) is 3.32. The molecule has 0 aromatic heterocycles. The predicted octanol–water partition coefficient (Wildman–Crippen LogP) is 1.46. The number of benzene rings is 1. The molecule has 1 unspecified atom stereocenters. The van der Waals surface area contributed by atoms with Crippen molar-refractivity contribution < 1.29 is 9.53 Å². The van der Waals surface area contributed by atoms with E-state index in [0.717, 1.165) is 5.56 Å². The number of hydrogen-bond acceptors (Lipinski definition) is 3. The molecule has 1 rings (SSSR count). The standard InChI is InChI=1S/C11H15NO2.ClH/c1-8-4-3-5-9(6-8)7-10(12)11(13)14-2;/h3-6,10H,7,12H2,1-2H3;1H. The molecule has 0 aliphatic carbocycles. The third-order valence-corrected chi connectivity index (χ3v) is 2.04. The van der Waals surface area contributed by atoms with Gasteiger partial charge in [0.1, 0.15) is 6.04 Å². The van der Waals surface area contributed by atoms with Gasteiger partial charge in [0.15, 0.2) is 0 Å². The van der Waals surface area contributed by atoms with Crippen LogP contribution in [0.25, 0.3) is 0 Å². The maximum Gasteiger partial charge on any atom is 0.322 e. The number of rotatable bonds is 3. The van der Waals surface area contributed by atoms with Gasteiger partial charge in [-0.2, -0.15) is 0 Å². The summed E-state index contributed by atoms with van der Waals surface area (Å²) in [7, 11) is 1.35. The van der Waals surface area contributed by atoms with Gasteiger partial charge in [-0.05, 0) is 18.9 Å². The summed E-state index contributed by atoms with van der Waals surface area (Å²) in [6.45, 7) is 2.01. The Balaban J connectivity index is 0.00000196.